The van der Waals surface area contributed by atoms with Gasteiger partial charge >= 0.3 is 0 Å². The lowest BCUT2D eigenvalue weighted by atomic mass is 10.1. The first-order chi connectivity index (χ1) is 15.1. The van der Waals surface area contributed by atoms with Crippen molar-refractivity contribution in [2.75, 3.05) is 7.11 Å². The molecular weight excluding hydrogens is 410 g/mol. The van der Waals surface area contributed by atoms with E-state index in [-0.39, 0.29) is 11.3 Å². The molecule has 0 radical (unpaired) electrons. The second-order valence-electron chi connectivity index (χ2n) is 7.02. The summed E-state index contributed by atoms with van der Waals surface area (Å²) in [5, 5.41) is 0.619. The Bertz CT molecular complexity index is 1270. The van der Waals surface area contributed by atoms with E-state index in [0.717, 1.165) is 5.56 Å². The molecule has 6 nitrogen and oxygen atoms in total. The molecule has 0 spiro atoms. The zero-order valence-electron chi connectivity index (χ0n) is 17.2. The molecule has 1 atom stereocenters. The van der Waals surface area contributed by atoms with Crippen LogP contribution in [0.15, 0.2) is 83.0 Å². The molecule has 2 aromatic heterocycles. The molecule has 4 rings (SSSR count). The molecule has 0 bridgehead atoms. The van der Waals surface area contributed by atoms with E-state index in [9.17, 15) is 9.59 Å². The Morgan fingerprint density at radius 3 is 2.58 bits per heavy atom. The van der Waals surface area contributed by atoms with Crippen LogP contribution in [-0.4, -0.2) is 32.7 Å². The van der Waals surface area contributed by atoms with Crippen LogP contribution in [0.2, 0.25) is 0 Å². The largest absolute Gasteiger partial charge is 0.497 e. The Morgan fingerprint density at radius 2 is 1.87 bits per heavy atom. The molecule has 156 valence electrons. The van der Waals surface area contributed by atoms with Gasteiger partial charge in [0, 0.05) is 18.0 Å². The van der Waals surface area contributed by atoms with Gasteiger partial charge in [-0.1, -0.05) is 30.0 Å². The predicted octanol–water partition coefficient (Wildman–Crippen LogP) is 4.21. The smallest absolute Gasteiger partial charge is 0.262 e. The number of hydrogen-bond acceptors (Lipinski definition) is 6. The first-order valence-corrected chi connectivity index (χ1v) is 10.7. The molecule has 2 heterocycles. The minimum Gasteiger partial charge on any atom is -0.497 e. The second kappa shape index (κ2) is 9.14. The summed E-state index contributed by atoms with van der Waals surface area (Å²) in [5.74, 6) is 0.654. The van der Waals surface area contributed by atoms with Crippen LogP contribution in [0, 0.1) is 0 Å². The maximum absolute atomic E-state index is 13.2. The number of ether oxygens (including phenoxy) is 1. The Balaban J connectivity index is 1.70. The highest BCUT2D eigenvalue weighted by atomic mass is 32.2. The number of methoxy groups -OCH3 is 1. The number of Topliss-reactive ketones (excluding diaryl/α,β-unsaturated/α-hetero) is 1. The molecule has 0 aliphatic rings. The van der Waals surface area contributed by atoms with Crippen molar-refractivity contribution in [3.63, 3.8) is 0 Å². The van der Waals surface area contributed by atoms with Gasteiger partial charge in [0.05, 0.1) is 29.8 Å². The summed E-state index contributed by atoms with van der Waals surface area (Å²) >= 11 is 1.28. The van der Waals surface area contributed by atoms with Crippen LogP contribution in [-0.2, 0) is 6.54 Å². The van der Waals surface area contributed by atoms with E-state index < -0.39 is 5.25 Å². The molecule has 2 aromatic carbocycles. The number of carbonyl (C=O) groups is 1. The van der Waals surface area contributed by atoms with Crippen LogP contribution in [0.25, 0.3) is 10.9 Å². The first kappa shape index (κ1) is 20.8. The third-order valence-corrected chi connectivity index (χ3v) is 6.01. The quantitative estimate of drug-likeness (QED) is 0.248. The normalized spacial score (nSPS) is 11.9. The van der Waals surface area contributed by atoms with E-state index in [1.54, 1.807) is 54.4 Å². The van der Waals surface area contributed by atoms with Gasteiger partial charge < -0.3 is 4.74 Å². The Morgan fingerprint density at radius 1 is 1.10 bits per heavy atom. The molecule has 1 unspecified atom stereocenters. The summed E-state index contributed by atoms with van der Waals surface area (Å²) in [7, 11) is 1.59. The van der Waals surface area contributed by atoms with Crippen molar-refractivity contribution < 1.29 is 9.53 Å². The van der Waals surface area contributed by atoms with Gasteiger partial charge in [-0.05, 0) is 55.0 Å². The van der Waals surface area contributed by atoms with Crippen LogP contribution in [0.5, 0.6) is 5.75 Å². The molecule has 0 fully saturated rings. The minimum absolute atomic E-state index is 0.0389. The fourth-order valence-electron chi connectivity index (χ4n) is 3.25. The fraction of sp³-hybridized carbons (Fsp3) is 0.167. The van der Waals surface area contributed by atoms with Crippen LogP contribution >= 0.6 is 11.8 Å². The summed E-state index contributed by atoms with van der Waals surface area (Å²) in [5.41, 5.74) is 1.95. The number of nitrogens with zero attached hydrogens (tertiary/aromatic N) is 3. The number of pyridine rings is 1. The Kier molecular flexibility index (Phi) is 6.13. The molecule has 31 heavy (non-hydrogen) atoms. The van der Waals surface area contributed by atoms with E-state index in [0.29, 0.717) is 33.9 Å². The maximum atomic E-state index is 13.2. The lowest BCUT2D eigenvalue weighted by Crippen LogP contribution is -2.25. The molecule has 0 saturated carbocycles. The number of carbonyl (C=O) groups excluding carboxylic acids is 1. The third-order valence-electron chi connectivity index (χ3n) is 4.92. The second-order valence-corrected chi connectivity index (χ2v) is 8.32. The molecule has 0 amide bonds. The van der Waals surface area contributed by atoms with Crippen molar-refractivity contribution in [3.05, 3.63) is 94.5 Å². The van der Waals surface area contributed by atoms with E-state index >= 15 is 0 Å². The molecular formula is C24H21N3O3S. The van der Waals surface area contributed by atoms with E-state index in [2.05, 4.69) is 4.98 Å². The summed E-state index contributed by atoms with van der Waals surface area (Å²) in [6, 6.07) is 18.0. The summed E-state index contributed by atoms with van der Waals surface area (Å²) in [6.07, 6.45) is 3.41. The van der Waals surface area contributed by atoms with Crippen molar-refractivity contribution >= 4 is 28.4 Å². The molecule has 7 heteroatoms. The maximum Gasteiger partial charge on any atom is 0.262 e. The predicted molar refractivity (Wildman–Crippen MR) is 122 cm³/mol. The number of ketones is 1. The first-order valence-electron chi connectivity index (χ1n) is 9.80. The lowest BCUT2D eigenvalue weighted by molar-refractivity contribution is 0.0994. The average Bonchev–Trinajstić information content (AvgIpc) is 2.82. The van der Waals surface area contributed by atoms with Crippen LogP contribution in [0.4, 0.5) is 0 Å². The van der Waals surface area contributed by atoms with Crippen LogP contribution < -0.4 is 10.3 Å². The van der Waals surface area contributed by atoms with Crippen LogP contribution in [0.3, 0.4) is 0 Å². The van der Waals surface area contributed by atoms with E-state index in [4.69, 9.17) is 9.72 Å². The number of rotatable bonds is 7. The standard InChI is InChI=1S/C24H21N3O3S/c1-16(22(28)18-9-11-19(30-2)12-10-18)31-24-26-21-8-4-3-7-20(21)23(29)27(24)15-17-6-5-13-25-14-17/h3-14,16H,15H2,1-2H3. The summed E-state index contributed by atoms with van der Waals surface area (Å²) < 4.78 is 6.77. The zero-order valence-corrected chi connectivity index (χ0v) is 18.0. The van der Waals surface area contributed by atoms with Crippen molar-refractivity contribution in [3.8, 4) is 5.75 Å². The van der Waals surface area contributed by atoms with Crippen molar-refractivity contribution in [1.29, 1.82) is 0 Å². The molecule has 0 N–H and O–H groups in total. The Labute approximate surface area is 183 Å². The van der Waals surface area contributed by atoms with Gasteiger partial charge in [0.25, 0.3) is 5.56 Å². The fourth-order valence-corrected chi connectivity index (χ4v) is 4.24. The monoisotopic (exact) mass is 431 g/mol. The highest BCUT2D eigenvalue weighted by Gasteiger charge is 2.21. The van der Waals surface area contributed by atoms with Gasteiger partial charge in [-0.2, -0.15) is 0 Å². The van der Waals surface area contributed by atoms with Gasteiger partial charge in [0.1, 0.15) is 5.75 Å². The van der Waals surface area contributed by atoms with Gasteiger partial charge in [0.2, 0.25) is 0 Å². The van der Waals surface area contributed by atoms with Gasteiger partial charge in [-0.25, -0.2) is 4.98 Å². The highest BCUT2D eigenvalue weighted by molar-refractivity contribution is 8.00. The van der Waals surface area contributed by atoms with Gasteiger partial charge in [-0.15, -0.1) is 0 Å². The number of benzene rings is 2. The van der Waals surface area contributed by atoms with Crippen molar-refractivity contribution in [1.82, 2.24) is 14.5 Å². The number of fused-ring (bicyclic) bond motifs is 1. The van der Waals surface area contributed by atoms with E-state index in [1.807, 2.05) is 37.3 Å². The van der Waals surface area contributed by atoms with Crippen molar-refractivity contribution in [2.24, 2.45) is 0 Å². The van der Waals surface area contributed by atoms with Gasteiger partial charge in [-0.3, -0.25) is 19.1 Å². The number of aromatic nitrogens is 3. The Hall–Kier alpha value is -3.45. The molecule has 0 aliphatic carbocycles. The lowest BCUT2D eigenvalue weighted by Gasteiger charge is -2.16. The molecule has 0 saturated heterocycles. The highest BCUT2D eigenvalue weighted by Crippen LogP contribution is 2.26. The SMILES string of the molecule is COc1ccc(C(=O)C(C)Sc2nc3ccccc3c(=O)n2Cc2cccnc2)cc1. The minimum atomic E-state index is -0.429. The topological polar surface area (TPSA) is 74.1 Å². The van der Waals surface area contributed by atoms with Crippen molar-refractivity contribution in [2.45, 2.75) is 23.9 Å². The molecule has 0 aliphatic heterocycles. The number of hydrogen-bond donors (Lipinski definition) is 0. The average molecular weight is 432 g/mol. The zero-order chi connectivity index (χ0) is 21.8. The third kappa shape index (κ3) is 4.51. The number of para-hydroxylation sites is 1. The number of thioether (sulfide) groups is 1. The van der Waals surface area contributed by atoms with Crippen LogP contribution in [0.1, 0.15) is 22.8 Å². The summed E-state index contributed by atoms with van der Waals surface area (Å²) in [6.45, 7) is 2.16. The van der Waals surface area contributed by atoms with Gasteiger partial charge in [0.15, 0.2) is 10.9 Å². The molecule has 4 aromatic rings. The van der Waals surface area contributed by atoms with E-state index in [1.165, 1.54) is 11.8 Å². The summed E-state index contributed by atoms with van der Waals surface area (Å²) in [4.78, 5) is 35.1.